The zero-order chi connectivity index (χ0) is 18.7. The molecule has 1 aromatic heterocycles. The molecular weight excluding hydrogens is 348 g/mol. The van der Waals surface area contributed by atoms with Crippen molar-refractivity contribution in [2.24, 2.45) is 5.10 Å². The number of imidazole rings is 1. The highest BCUT2D eigenvalue weighted by Gasteiger charge is 2.16. The van der Waals surface area contributed by atoms with E-state index in [0.717, 1.165) is 16.8 Å². The average molecular weight is 368 g/mol. The molecule has 134 valence electrons. The number of aromatic nitrogens is 2. The Bertz CT molecular complexity index is 1040. The lowest BCUT2D eigenvalue weighted by atomic mass is 10.1. The highest BCUT2D eigenvalue weighted by Crippen LogP contribution is 2.17. The quantitative estimate of drug-likeness (QED) is 0.555. The number of aryl methyl sites for hydroxylation is 2. The van der Waals surface area contributed by atoms with Crippen LogP contribution in [0, 0.1) is 13.8 Å². The van der Waals surface area contributed by atoms with Gasteiger partial charge in [0.05, 0.1) is 16.9 Å². The number of sulfonamides is 1. The Labute approximate surface area is 153 Å². The van der Waals surface area contributed by atoms with Crippen molar-refractivity contribution in [3.63, 3.8) is 0 Å². The molecule has 0 aliphatic heterocycles. The Morgan fingerprint density at radius 1 is 1.12 bits per heavy atom. The summed E-state index contributed by atoms with van der Waals surface area (Å²) in [5.41, 5.74) is 3.94. The maximum atomic E-state index is 12.5. The van der Waals surface area contributed by atoms with E-state index in [1.54, 1.807) is 38.5 Å². The van der Waals surface area contributed by atoms with Crippen molar-refractivity contribution in [1.82, 2.24) is 14.4 Å². The van der Waals surface area contributed by atoms with E-state index in [1.165, 1.54) is 0 Å². The normalized spacial score (nSPS) is 12.2. The van der Waals surface area contributed by atoms with Crippen molar-refractivity contribution >= 4 is 15.7 Å². The van der Waals surface area contributed by atoms with Gasteiger partial charge >= 0.3 is 0 Å². The average Bonchev–Trinajstić information content (AvgIpc) is 3.16. The van der Waals surface area contributed by atoms with Crippen LogP contribution in [-0.2, 0) is 10.0 Å². The van der Waals surface area contributed by atoms with Crippen molar-refractivity contribution in [2.45, 2.75) is 25.7 Å². The topological polar surface area (TPSA) is 76.3 Å². The molecule has 0 atom stereocenters. The molecule has 2 aromatic carbocycles. The van der Waals surface area contributed by atoms with Crippen LogP contribution in [-0.4, -0.2) is 23.7 Å². The number of rotatable bonds is 5. The maximum absolute atomic E-state index is 12.5. The fourth-order valence-corrected chi connectivity index (χ4v) is 3.71. The van der Waals surface area contributed by atoms with Gasteiger partial charge in [-0.3, -0.25) is 0 Å². The first kappa shape index (κ1) is 17.9. The monoisotopic (exact) mass is 368 g/mol. The second kappa shape index (κ2) is 7.13. The predicted octanol–water partition coefficient (Wildman–Crippen LogP) is 3.19. The largest absolute Gasteiger partial charge is 0.306 e. The molecular formula is C19H20N4O2S. The van der Waals surface area contributed by atoms with E-state index >= 15 is 0 Å². The van der Waals surface area contributed by atoms with E-state index in [4.69, 9.17) is 0 Å². The van der Waals surface area contributed by atoms with Crippen LogP contribution in [0.25, 0.3) is 5.69 Å². The van der Waals surface area contributed by atoms with E-state index in [-0.39, 0.29) is 4.90 Å². The summed E-state index contributed by atoms with van der Waals surface area (Å²) in [5, 5.41) is 4.07. The first-order valence-corrected chi connectivity index (χ1v) is 9.57. The number of hydrazone groups is 1. The molecule has 1 heterocycles. The van der Waals surface area contributed by atoms with Crippen LogP contribution in [0.3, 0.4) is 0 Å². The minimum Gasteiger partial charge on any atom is -0.306 e. The first-order valence-electron chi connectivity index (χ1n) is 8.09. The fraction of sp³-hybridized carbons (Fsp3) is 0.158. The molecule has 26 heavy (non-hydrogen) atoms. The van der Waals surface area contributed by atoms with Gasteiger partial charge < -0.3 is 4.57 Å². The Morgan fingerprint density at radius 2 is 1.85 bits per heavy atom. The van der Waals surface area contributed by atoms with E-state index in [0.29, 0.717) is 11.3 Å². The van der Waals surface area contributed by atoms with Gasteiger partial charge in [0.2, 0.25) is 0 Å². The molecule has 3 rings (SSSR count). The molecule has 0 amide bonds. The lowest BCUT2D eigenvalue weighted by molar-refractivity contribution is 0.583. The van der Waals surface area contributed by atoms with Gasteiger partial charge in [0.1, 0.15) is 0 Å². The van der Waals surface area contributed by atoms with Gasteiger partial charge in [-0.25, -0.2) is 4.98 Å². The number of hydrogen-bond donors (Lipinski definition) is 1. The number of nitrogens with zero attached hydrogens (tertiary/aromatic N) is 3. The molecule has 3 aromatic rings. The number of hydrogen-bond acceptors (Lipinski definition) is 4. The smallest absolute Gasteiger partial charge is 0.276 e. The molecule has 0 unspecified atom stereocenters. The third-order valence-corrected chi connectivity index (χ3v) is 5.40. The second-order valence-corrected chi connectivity index (χ2v) is 7.71. The van der Waals surface area contributed by atoms with Crippen LogP contribution in [0.2, 0.25) is 0 Å². The van der Waals surface area contributed by atoms with Crippen molar-refractivity contribution in [1.29, 1.82) is 0 Å². The van der Waals surface area contributed by atoms with Crippen LogP contribution in [0.1, 0.15) is 23.6 Å². The molecule has 0 fully saturated rings. The molecule has 1 N–H and O–H groups in total. The van der Waals surface area contributed by atoms with Crippen molar-refractivity contribution in [3.8, 4) is 5.69 Å². The van der Waals surface area contributed by atoms with Gasteiger partial charge in [-0.15, -0.1) is 0 Å². The van der Waals surface area contributed by atoms with Crippen LogP contribution in [0.5, 0.6) is 0 Å². The molecule has 0 aliphatic rings. The molecule has 0 radical (unpaired) electrons. The molecule has 6 nitrogen and oxygen atoms in total. The Morgan fingerprint density at radius 3 is 2.50 bits per heavy atom. The van der Waals surface area contributed by atoms with Gasteiger partial charge in [-0.1, -0.05) is 24.3 Å². The zero-order valence-corrected chi connectivity index (χ0v) is 15.7. The minimum absolute atomic E-state index is 0.240. The molecule has 0 spiro atoms. The Hall–Kier alpha value is -2.93. The molecule has 0 bridgehead atoms. The van der Waals surface area contributed by atoms with Gasteiger partial charge in [-0.05, 0) is 55.7 Å². The second-order valence-electron chi connectivity index (χ2n) is 6.08. The highest BCUT2D eigenvalue weighted by atomic mass is 32.2. The summed E-state index contributed by atoms with van der Waals surface area (Å²) in [6.45, 7) is 5.38. The highest BCUT2D eigenvalue weighted by molar-refractivity contribution is 7.89. The summed E-state index contributed by atoms with van der Waals surface area (Å²) < 4.78 is 26.9. The zero-order valence-electron chi connectivity index (χ0n) is 14.8. The third-order valence-electron chi connectivity index (χ3n) is 4.05. The summed E-state index contributed by atoms with van der Waals surface area (Å²) in [6, 6.07) is 12.9. The van der Waals surface area contributed by atoms with Crippen molar-refractivity contribution < 1.29 is 8.42 Å². The maximum Gasteiger partial charge on any atom is 0.276 e. The first-order chi connectivity index (χ1) is 12.4. The number of benzene rings is 2. The van der Waals surface area contributed by atoms with E-state index in [2.05, 4.69) is 14.9 Å². The van der Waals surface area contributed by atoms with Gasteiger partial charge in [-0.2, -0.15) is 18.4 Å². The summed E-state index contributed by atoms with van der Waals surface area (Å²) >= 11 is 0. The van der Waals surface area contributed by atoms with E-state index < -0.39 is 10.0 Å². The lowest BCUT2D eigenvalue weighted by Crippen LogP contribution is -2.21. The molecule has 0 aliphatic carbocycles. The summed E-state index contributed by atoms with van der Waals surface area (Å²) in [4.78, 5) is 6.59. The predicted molar refractivity (Wildman–Crippen MR) is 102 cm³/mol. The van der Waals surface area contributed by atoms with Crippen LogP contribution >= 0.6 is 0 Å². The van der Waals surface area contributed by atoms with E-state index in [1.807, 2.05) is 48.0 Å². The fourth-order valence-electron chi connectivity index (χ4n) is 2.53. The van der Waals surface area contributed by atoms with Crippen molar-refractivity contribution in [2.75, 3.05) is 0 Å². The SMILES string of the molecule is C/C(=N\NS(=O)(=O)c1cc(C)ccc1C)c1ccc(-n2ccnc2)cc1. The van der Waals surface area contributed by atoms with E-state index in [9.17, 15) is 8.42 Å². The third kappa shape index (κ3) is 3.83. The lowest BCUT2D eigenvalue weighted by Gasteiger charge is -2.09. The molecule has 7 heteroatoms. The Balaban J connectivity index is 1.80. The number of nitrogens with one attached hydrogen (secondary N) is 1. The van der Waals surface area contributed by atoms with Gasteiger partial charge in [0.25, 0.3) is 10.0 Å². The molecule has 0 saturated heterocycles. The molecule has 0 saturated carbocycles. The summed E-state index contributed by atoms with van der Waals surface area (Å²) in [5.74, 6) is 0. The van der Waals surface area contributed by atoms with Crippen LogP contribution in [0.15, 0.2) is 71.2 Å². The summed E-state index contributed by atoms with van der Waals surface area (Å²) in [7, 11) is -3.71. The standard InChI is InChI=1S/C19H20N4O2S/c1-14-4-5-15(2)19(12-14)26(24,25)22-21-16(3)17-6-8-18(9-7-17)23-11-10-20-13-23/h4-13,22H,1-3H3/b21-16+. The van der Waals surface area contributed by atoms with Crippen LogP contribution in [0.4, 0.5) is 0 Å². The van der Waals surface area contributed by atoms with Gasteiger partial charge in [0.15, 0.2) is 0 Å². The Kier molecular flexibility index (Phi) is 4.90. The van der Waals surface area contributed by atoms with Crippen molar-refractivity contribution in [3.05, 3.63) is 77.9 Å². The van der Waals surface area contributed by atoms with Crippen LogP contribution < -0.4 is 4.83 Å². The minimum atomic E-state index is -3.71. The summed E-state index contributed by atoms with van der Waals surface area (Å²) in [6.07, 6.45) is 5.28. The van der Waals surface area contributed by atoms with Gasteiger partial charge in [0, 0.05) is 18.1 Å².